The number of piperidine rings is 2. The van der Waals surface area contributed by atoms with E-state index in [2.05, 4.69) is 103 Å². The highest BCUT2D eigenvalue weighted by molar-refractivity contribution is 9.10. The highest BCUT2D eigenvalue weighted by Crippen LogP contribution is 2.48. The van der Waals surface area contributed by atoms with Gasteiger partial charge in [-0.2, -0.15) is 0 Å². The van der Waals surface area contributed by atoms with Crippen LogP contribution >= 0.6 is 15.9 Å². The average molecular weight is 1010 g/mol. The first-order valence-corrected chi connectivity index (χ1v) is 25.6. The molecule has 2 saturated carbocycles. The van der Waals surface area contributed by atoms with E-state index < -0.39 is 18.1 Å². The minimum absolute atomic E-state index is 0.226. The van der Waals surface area contributed by atoms with Gasteiger partial charge >= 0.3 is 7.12 Å². The SMILES string of the molecule is Cc1nc(N2CCC3(CCC[C@H]3N)CC2)n2ccnc2c1-c1ccccc1.Cc1nc(N2CCC3(CCC[C@H]3N[S@](=O)C(C)(C)C)CC2)n2ccnc2c1Br.N/N=N/N.OB(O)c1ccccc1. The molecule has 2 aromatic carbocycles. The summed E-state index contributed by atoms with van der Waals surface area (Å²) in [6, 6.07) is 19.8. The lowest BCUT2D eigenvalue weighted by Gasteiger charge is -2.44. The maximum atomic E-state index is 12.7. The maximum absolute atomic E-state index is 12.7. The summed E-state index contributed by atoms with van der Waals surface area (Å²) >= 11 is 3.61. The van der Waals surface area contributed by atoms with Gasteiger partial charge in [0.2, 0.25) is 11.9 Å². The zero-order valence-electron chi connectivity index (χ0n) is 40.0. The molecule has 20 heteroatoms. The second-order valence-electron chi connectivity index (χ2n) is 19.4. The van der Waals surface area contributed by atoms with Crippen molar-refractivity contribution in [1.82, 2.24) is 33.5 Å². The molecule has 6 heterocycles. The molecule has 3 atom stereocenters. The predicted molar refractivity (Wildman–Crippen MR) is 276 cm³/mol. The quantitative estimate of drug-likeness (QED) is 0.0464. The van der Waals surface area contributed by atoms with Gasteiger partial charge in [0.15, 0.2) is 5.65 Å². The number of fused-ring (bicyclic) bond motifs is 2. The van der Waals surface area contributed by atoms with E-state index in [1.807, 2.05) is 64.6 Å². The molecule has 17 nitrogen and oxygen atoms in total. The third kappa shape index (κ3) is 11.2. The van der Waals surface area contributed by atoms with Gasteiger partial charge in [-0.1, -0.05) is 84.0 Å². The van der Waals surface area contributed by atoms with Crippen LogP contribution in [0.15, 0.2) is 100 Å². The fourth-order valence-electron chi connectivity index (χ4n) is 10.4. The van der Waals surface area contributed by atoms with Crippen LogP contribution in [0.3, 0.4) is 0 Å². The summed E-state index contributed by atoms with van der Waals surface area (Å²) in [5.41, 5.74) is 13.8. The van der Waals surface area contributed by atoms with Crippen molar-refractivity contribution in [3.8, 4) is 11.1 Å². The molecule has 2 aliphatic heterocycles. The molecule has 6 aromatic rings. The van der Waals surface area contributed by atoms with Gasteiger partial charge < -0.3 is 37.3 Å². The van der Waals surface area contributed by atoms with Crippen LogP contribution in [0, 0.1) is 24.7 Å². The molecular formula is C48H68BBrN14O3S. The number of nitrogens with two attached hydrogens (primary N) is 3. The fourth-order valence-corrected chi connectivity index (χ4v) is 11.8. The zero-order valence-corrected chi connectivity index (χ0v) is 42.4. The van der Waals surface area contributed by atoms with E-state index in [-0.39, 0.29) is 10.2 Å². The standard InChI is InChI=1S/C22H27N5.C20H30BrN5OS.C6H7BO2.H4N4/c1-16-19(17-6-3-2-4-7-17)20-24-12-15-27(20)21(25-16)26-13-10-22(11-14-26)9-5-8-18(22)23;1-14-16(21)17-22-10-13-26(17)18(23-14)25-11-8-20(9-12-25)7-5-6-15(20)24-28(27)19(2,3)4;8-7(9)6-4-2-1-3-5-6;1-3-4-2/h2-4,6-7,12,15,18H,5,8-11,13-14,23H2,1H3;10,13,15,24H,5-9,11-12H2,1-4H3;1-5,8-9H;(H2,1,4)(H2,2,3)/t18-;15-,28-;;/m11../s1. The van der Waals surface area contributed by atoms with E-state index in [4.69, 9.17) is 25.7 Å². The largest absolute Gasteiger partial charge is 0.488 e. The molecular weight excluding hydrogens is 943 g/mol. The van der Waals surface area contributed by atoms with Crippen molar-refractivity contribution < 1.29 is 14.3 Å². The normalized spacial score (nSPS) is 20.2. The highest BCUT2D eigenvalue weighted by atomic mass is 79.9. The number of anilines is 2. The van der Waals surface area contributed by atoms with Crippen molar-refractivity contribution in [2.45, 2.75) is 116 Å². The first-order valence-electron chi connectivity index (χ1n) is 23.6. The van der Waals surface area contributed by atoms with E-state index in [9.17, 15) is 4.21 Å². The van der Waals surface area contributed by atoms with Crippen molar-refractivity contribution >= 4 is 62.7 Å². The molecule has 0 bridgehead atoms. The van der Waals surface area contributed by atoms with Crippen molar-refractivity contribution in [2.24, 2.45) is 38.7 Å². The molecule has 2 saturated heterocycles. The van der Waals surface area contributed by atoms with Crippen LogP contribution in [0.4, 0.5) is 11.9 Å². The first kappa shape index (κ1) is 50.9. The Bertz CT molecular complexity index is 2620. The Morgan fingerprint density at radius 2 is 1.25 bits per heavy atom. The molecule has 364 valence electrons. The van der Waals surface area contributed by atoms with E-state index >= 15 is 0 Å². The predicted octanol–water partition coefficient (Wildman–Crippen LogP) is 6.35. The number of halogens is 1. The van der Waals surface area contributed by atoms with Crippen LogP contribution in [-0.2, 0) is 11.0 Å². The Kier molecular flexibility index (Phi) is 16.6. The number of imidazole rings is 2. The molecule has 0 amide bonds. The van der Waals surface area contributed by atoms with E-state index in [1.165, 1.54) is 50.5 Å². The minimum Gasteiger partial charge on any atom is -0.423 e. The van der Waals surface area contributed by atoms with E-state index in [0.717, 1.165) is 90.1 Å². The van der Waals surface area contributed by atoms with Gasteiger partial charge in [0, 0.05) is 68.6 Å². The number of aromatic nitrogens is 6. The highest BCUT2D eigenvalue weighted by Gasteiger charge is 2.47. The Hall–Kier alpha value is -4.99. The van der Waals surface area contributed by atoms with Crippen LogP contribution in [0.5, 0.6) is 0 Å². The maximum Gasteiger partial charge on any atom is 0.488 e. The molecule has 4 aromatic heterocycles. The molecule has 10 rings (SSSR count). The van der Waals surface area contributed by atoms with Crippen molar-refractivity contribution in [3.05, 3.63) is 101 Å². The molecule has 4 fully saturated rings. The van der Waals surface area contributed by atoms with Crippen LogP contribution in [-0.4, -0.2) is 93.1 Å². The molecule has 9 N–H and O–H groups in total. The monoisotopic (exact) mass is 1010 g/mol. The Balaban J connectivity index is 0.000000160. The van der Waals surface area contributed by atoms with Gasteiger partial charge in [0.05, 0.1) is 31.6 Å². The Morgan fingerprint density at radius 1 is 0.750 bits per heavy atom. The second-order valence-corrected chi connectivity index (χ2v) is 22.2. The lowest BCUT2D eigenvalue weighted by atomic mass is 9.74. The molecule has 0 unspecified atom stereocenters. The first-order chi connectivity index (χ1) is 32.6. The van der Waals surface area contributed by atoms with Crippen LogP contribution in [0.25, 0.3) is 22.4 Å². The van der Waals surface area contributed by atoms with Gasteiger partial charge in [-0.15, -0.1) is 0 Å². The number of benzene rings is 2. The average Bonchev–Trinajstić information content (AvgIpc) is 4.18. The molecule has 2 spiro atoms. The fraction of sp³-hybridized carbons (Fsp3) is 0.500. The molecule has 0 radical (unpaired) electrons. The number of nitrogens with one attached hydrogen (secondary N) is 1. The van der Waals surface area contributed by atoms with Crippen LogP contribution < -0.4 is 37.4 Å². The summed E-state index contributed by atoms with van der Waals surface area (Å²) in [6.07, 6.45) is 19.6. The lowest BCUT2D eigenvalue weighted by Crippen LogP contribution is -2.51. The second kappa shape index (κ2) is 22.2. The molecule has 68 heavy (non-hydrogen) atoms. The third-order valence-corrected chi connectivity index (χ3v) is 16.9. The number of rotatable bonds is 6. The topological polar surface area (TPSA) is 239 Å². The lowest BCUT2D eigenvalue weighted by molar-refractivity contribution is 0.187. The number of hydrogen-bond acceptors (Lipinski definition) is 12. The third-order valence-electron chi connectivity index (χ3n) is 14.3. The van der Waals surface area contributed by atoms with Crippen LogP contribution in [0.2, 0.25) is 0 Å². The summed E-state index contributed by atoms with van der Waals surface area (Å²) in [7, 11) is -2.35. The summed E-state index contributed by atoms with van der Waals surface area (Å²) < 4.78 is 21.1. The Morgan fingerprint density at radius 3 is 1.76 bits per heavy atom. The summed E-state index contributed by atoms with van der Waals surface area (Å²) in [4.78, 5) is 23.8. The molecule has 4 aliphatic rings. The van der Waals surface area contributed by atoms with Gasteiger partial charge in [-0.05, 0) is 124 Å². The zero-order chi connectivity index (χ0) is 48.6. The van der Waals surface area contributed by atoms with Crippen LogP contribution in [0.1, 0.15) is 96.4 Å². The Labute approximate surface area is 411 Å². The summed E-state index contributed by atoms with van der Waals surface area (Å²) in [6.45, 7) is 14.2. The molecule has 2 aliphatic carbocycles. The van der Waals surface area contributed by atoms with Gasteiger partial charge in [-0.25, -0.2) is 28.9 Å². The number of nitrogens with zero attached hydrogens (tertiary/aromatic N) is 10. The van der Waals surface area contributed by atoms with Crippen molar-refractivity contribution in [3.63, 3.8) is 0 Å². The number of hydrogen-bond donors (Lipinski definition) is 6. The van der Waals surface area contributed by atoms with Crippen molar-refractivity contribution in [2.75, 3.05) is 36.0 Å². The summed E-state index contributed by atoms with van der Waals surface area (Å²) in [5, 5.41) is 22.4. The van der Waals surface area contributed by atoms with Gasteiger partial charge in [0.1, 0.15) is 5.65 Å². The van der Waals surface area contributed by atoms with Gasteiger partial charge in [-0.3, -0.25) is 8.80 Å². The van der Waals surface area contributed by atoms with Crippen molar-refractivity contribution in [1.29, 1.82) is 0 Å². The smallest absolute Gasteiger partial charge is 0.423 e. The minimum atomic E-state index is -1.34. The van der Waals surface area contributed by atoms with Gasteiger partial charge in [0.25, 0.3) is 0 Å². The van der Waals surface area contributed by atoms with E-state index in [1.54, 1.807) is 24.3 Å². The summed E-state index contributed by atoms with van der Waals surface area (Å²) in [5.74, 6) is 10.7. The number of aryl methyl sites for hydroxylation is 2. The van der Waals surface area contributed by atoms with E-state index in [0.29, 0.717) is 23.0 Å².